The number of hydrogen-bond acceptors (Lipinski definition) is 1. The van der Waals surface area contributed by atoms with Crippen molar-refractivity contribution in [1.82, 2.24) is 14.3 Å². The molecule has 0 aliphatic carbocycles. The van der Waals surface area contributed by atoms with Gasteiger partial charge in [0.2, 0.25) is 5.52 Å². The summed E-state index contributed by atoms with van der Waals surface area (Å²) in [5.41, 5.74) is 4.55. The van der Waals surface area contributed by atoms with Gasteiger partial charge in [0.1, 0.15) is 11.3 Å². The van der Waals surface area contributed by atoms with E-state index in [2.05, 4.69) is 75.3 Å². The van der Waals surface area contributed by atoms with Gasteiger partial charge in [0.05, 0.1) is 12.6 Å². The monoisotopic (exact) mass is 277 g/mol. The zero-order chi connectivity index (χ0) is 14.6. The first kappa shape index (κ1) is 12.1. The lowest BCUT2D eigenvalue weighted by atomic mass is 10.3. The minimum Gasteiger partial charge on any atom is -0.230 e. The quantitative estimate of drug-likeness (QED) is 0.491. The smallest absolute Gasteiger partial charge is 0.230 e. The molecule has 2 aromatic heterocycles. The van der Waals surface area contributed by atoms with Crippen LogP contribution >= 0.6 is 0 Å². The van der Waals surface area contributed by atoms with Gasteiger partial charge in [0.15, 0.2) is 5.52 Å². The van der Waals surface area contributed by atoms with Crippen LogP contribution in [0.15, 0.2) is 48.5 Å². The third-order valence-corrected chi connectivity index (χ3v) is 4.16. The lowest BCUT2D eigenvalue weighted by Crippen LogP contribution is -2.32. The molecule has 4 nitrogen and oxygen atoms in total. The van der Waals surface area contributed by atoms with E-state index in [9.17, 15) is 0 Å². The summed E-state index contributed by atoms with van der Waals surface area (Å²) in [6, 6.07) is 16.7. The van der Waals surface area contributed by atoms with Crippen molar-refractivity contribution >= 4 is 22.1 Å². The van der Waals surface area contributed by atoms with Crippen molar-refractivity contribution < 1.29 is 4.57 Å². The van der Waals surface area contributed by atoms with Crippen molar-refractivity contribution in [2.75, 3.05) is 0 Å². The highest BCUT2D eigenvalue weighted by Gasteiger charge is 2.23. The van der Waals surface area contributed by atoms with E-state index < -0.39 is 0 Å². The summed E-state index contributed by atoms with van der Waals surface area (Å²) >= 11 is 0. The van der Waals surface area contributed by atoms with Crippen LogP contribution in [0.4, 0.5) is 0 Å². The number of hydrogen-bond donors (Lipinski definition) is 0. The number of fused-ring (bicyclic) bond motifs is 2. The zero-order valence-corrected chi connectivity index (χ0v) is 12.4. The number of nitrogens with zero attached hydrogens (tertiary/aromatic N) is 4. The molecule has 2 heterocycles. The predicted octanol–water partition coefficient (Wildman–Crippen LogP) is 2.74. The van der Waals surface area contributed by atoms with Crippen molar-refractivity contribution in [3.8, 4) is 0 Å². The number of aromatic nitrogens is 4. The SMILES string of the molecule is Cc1nc2ccccc2n1-n1c(C)[n+](C)c2ccccc21. The fourth-order valence-electron chi connectivity index (χ4n) is 3.06. The number of rotatable bonds is 1. The average Bonchev–Trinajstić information content (AvgIpc) is 2.95. The molecule has 0 unspecified atom stereocenters. The van der Waals surface area contributed by atoms with Gasteiger partial charge in [-0.05, 0) is 31.2 Å². The normalized spacial score (nSPS) is 11.6. The minimum absolute atomic E-state index is 0.987. The van der Waals surface area contributed by atoms with Gasteiger partial charge in [-0.25, -0.2) is 9.55 Å². The van der Waals surface area contributed by atoms with Crippen molar-refractivity contribution in [2.24, 2.45) is 7.05 Å². The van der Waals surface area contributed by atoms with Crippen LogP contribution in [0.5, 0.6) is 0 Å². The maximum absolute atomic E-state index is 4.68. The summed E-state index contributed by atoms with van der Waals surface area (Å²) in [6.07, 6.45) is 0. The van der Waals surface area contributed by atoms with E-state index in [-0.39, 0.29) is 0 Å². The van der Waals surface area contributed by atoms with Gasteiger partial charge >= 0.3 is 0 Å². The van der Waals surface area contributed by atoms with Gasteiger partial charge in [-0.2, -0.15) is 4.68 Å². The lowest BCUT2D eigenvalue weighted by molar-refractivity contribution is -0.652. The molecule has 21 heavy (non-hydrogen) atoms. The number of imidazole rings is 2. The van der Waals surface area contributed by atoms with Gasteiger partial charge < -0.3 is 0 Å². The Hall–Kier alpha value is -2.62. The first-order valence-corrected chi connectivity index (χ1v) is 7.09. The molecule has 4 rings (SSSR count). The van der Waals surface area contributed by atoms with Crippen LogP contribution in [0.1, 0.15) is 11.6 Å². The molecule has 0 bridgehead atoms. The third kappa shape index (κ3) is 1.56. The molecule has 0 fully saturated rings. The number of aryl methyl sites for hydroxylation is 2. The molecular weight excluding hydrogens is 260 g/mol. The third-order valence-electron chi connectivity index (χ3n) is 4.16. The molecule has 2 aromatic carbocycles. The maximum Gasteiger partial charge on any atom is 0.278 e. The summed E-state index contributed by atoms with van der Waals surface area (Å²) in [7, 11) is 2.10. The van der Waals surface area contributed by atoms with Crippen molar-refractivity contribution in [3.05, 3.63) is 60.2 Å². The number of para-hydroxylation sites is 4. The highest BCUT2D eigenvalue weighted by Crippen LogP contribution is 2.20. The molecule has 0 saturated heterocycles. The predicted molar refractivity (Wildman–Crippen MR) is 83.1 cm³/mol. The zero-order valence-electron chi connectivity index (χ0n) is 12.4. The molecule has 0 atom stereocenters. The van der Waals surface area contributed by atoms with E-state index >= 15 is 0 Å². The lowest BCUT2D eigenvalue weighted by Gasteiger charge is -2.04. The molecule has 0 spiro atoms. The highest BCUT2D eigenvalue weighted by atomic mass is 15.5. The largest absolute Gasteiger partial charge is 0.278 e. The Morgan fingerprint density at radius 3 is 2.33 bits per heavy atom. The second-order valence-corrected chi connectivity index (χ2v) is 5.37. The Labute approximate surface area is 122 Å². The Bertz CT molecular complexity index is 975. The molecule has 0 aliphatic heterocycles. The maximum atomic E-state index is 4.68. The van der Waals surface area contributed by atoms with E-state index in [0.717, 1.165) is 16.9 Å². The Morgan fingerprint density at radius 1 is 0.857 bits per heavy atom. The van der Waals surface area contributed by atoms with Gasteiger partial charge in [0.25, 0.3) is 5.82 Å². The van der Waals surface area contributed by atoms with Gasteiger partial charge in [-0.1, -0.05) is 24.3 Å². The minimum atomic E-state index is 0.987. The summed E-state index contributed by atoms with van der Waals surface area (Å²) in [5, 5.41) is 0. The average molecular weight is 277 g/mol. The molecule has 0 aliphatic rings. The van der Waals surface area contributed by atoms with Gasteiger partial charge in [-0.3, -0.25) is 0 Å². The first-order valence-electron chi connectivity index (χ1n) is 7.09. The van der Waals surface area contributed by atoms with E-state index in [1.165, 1.54) is 16.9 Å². The van der Waals surface area contributed by atoms with E-state index in [0.29, 0.717) is 0 Å². The number of benzene rings is 2. The molecule has 4 aromatic rings. The summed E-state index contributed by atoms with van der Waals surface area (Å²) in [5.74, 6) is 2.16. The molecule has 0 amide bonds. The summed E-state index contributed by atoms with van der Waals surface area (Å²) in [6.45, 7) is 4.18. The molecule has 4 heteroatoms. The first-order chi connectivity index (χ1) is 10.2. The van der Waals surface area contributed by atoms with E-state index in [1.54, 1.807) is 0 Å². The van der Waals surface area contributed by atoms with Crippen molar-refractivity contribution in [3.63, 3.8) is 0 Å². The standard InChI is InChI=1S/C17H17N4/c1-12-18-14-8-4-5-9-15(14)20(12)21-13(2)19(3)16-10-6-7-11-17(16)21/h4-11H,1-3H3/q+1. The fourth-order valence-corrected chi connectivity index (χ4v) is 3.06. The van der Waals surface area contributed by atoms with Crippen LogP contribution in [-0.2, 0) is 7.05 Å². The van der Waals surface area contributed by atoms with Gasteiger partial charge in [0, 0.05) is 6.92 Å². The van der Waals surface area contributed by atoms with Crippen LogP contribution in [-0.4, -0.2) is 14.3 Å². The second-order valence-electron chi connectivity index (χ2n) is 5.37. The Morgan fingerprint density at radius 2 is 1.52 bits per heavy atom. The topological polar surface area (TPSA) is 26.6 Å². The Kier molecular flexibility index (Phi) is 2.42. The van der Waals surface area contributed by atoms with Crippen LogP contribution in [0.2, 0.25) is 0 Å². The molecule has 0 saturated carbocycles. The molecular formula is C17H17N4+. The van der Waals surface area contributed by atoms with Crippen LogP contribution < -0.4 is 4.57 Å². The molecule has 0 radical (unpaired) electrons. The summed E-state index contributed by atoms with van der Waals surface area (Å²) < 4.78 is 6.64. The molecule has 0 N–H and O–H groups in total. The van der Waals surface area contributed by atoms with E-state index in [1.807, 2.05) is 13.0 Å². The second kappa shape index (κ2) is 4.19. The van der Waals surface area contributed by atoms with E-state index in [4.69, 9.17) is 0 Å². The van der Waals surface area contributed by atoms with Crippen LogP contribution in [0.25, 0.3) is 22.1 Å². The highest BCUT2D eigenvalue weighted by molar-refractivity contribution is 5.78. The molecule has 104 valence electrons. The fraction of sp³-hybridized carbons (Fsp3) is 0.176. The summed E-state index contributed by atoms with van der Waals surface area (Å²) in [4.78, 5) is 4.68. The van der Waals surface area contributed by atoms with Crippen molar-refractivity contribution in [1.29, 1.82) is 0 Å². The van der Waals surface area contributed by atoms with Crippen LogP contribution in [0.3, 0.4) is 0 Å². The van der Waals surface area contributed by atoms with Crippen molar-refractivity contribution in [2.45, 2.75) is 13.8 Å². The van der Waals surface area contributed by atoms with Gasteiger partial charge in [-0.15, -0.1) is 4.68 Å². The Balaban J connectivity index is 2.19. The van der Waals surface area contributed by atoms with Crippen LogP contribution in [0, 0.1) is 13.8 Å².